The molecule has 1 fully saturated rings. The number of benzene rings is 2. The van der Waals surface area contributed by atoms with E-state index in [1.165, 1.54) is 12.1 Å². The van der Waals surface area contributed by atoms with Gasteiger partial charge in [-0.25, -0.2) is 4.39 Å². The number of carbonyl (C=O) groups excluding carboxylic acids is 1. The highest BCUT2D eigenvalue weighted by Gasteiger charge is 2.47. The summed E-state index contributed by atoms with van der Waals surface area (Å²) < 4.78 is 18.3. The van der Waals surface area contributed by atoms with E-state index in [2.05, 4.69) is 5.32 Å². The third-order valence-corrected chi connectivity index (χ3v) is 4.03. The molecule has 2 aromatic rings. The number of methoxy groups -OCH3 is 1. The fraction of sp³-hybridized carbons (Fsp3) is 0.278. The number of amides is 1. The fourth-order valence-corrected chi connectivity index (χ4v) is 2.73. The summed E-state index contributed by atoms with van der Waals surface area (Å²) >= 11 is 0. The number of nitrogens with one attached hydrogen (secondary N) is 1. The lowest BCUT2D eigenvalue weighted by Crippen LogP contribution is -2.36. The van der Waals surface area contributed by atoms with Crippen molar-refractivity contribution in [1.82, 2.24) is 5.32 Å². The van der Waals surface area contributed by atoms with Crippen molar-refractivity contribution >= 4 is 5.91 Å². The molecular weight excluding hydrogens is 281 g/mol. The van der Waals surface area contributed by atoms with Crippen LogP contribution in [0.1, 0.15) is 24.0 Å². The van der Waals surface area contributed by atoms with E-state index in [0.29, 0.717) is 0 Å². The average Bonchev–Trinajstić information content (AvgIpc) is 3.30. The Hall–Kier alpha value is -2.36. The smallest absolute Gasteiger partial charge is 0.225 e. The lowest BCUT2D eigenvalue weighted by Gasteiger charge is -2.20. The van der Waals surface area contributed by atoms with E-state index in [9.17, 15) is 9.18 Å². The van der Waals surface area contributed by atoms with E-state index < -0.39 is 0 Å². The van der Waals surface area contributed by atoms with Gasteiger partial charge in [-0.2, -0.15) is 0 Å². The average molecular weight is 299 g/mol. The monoisotopic (exact) mass is 299 g/mol. The van der Waals surface area contributed by atoms with Crippen LogP contribution in [0.4, 0.5) is 4.39 Å². The van der Waals surface area contributed by atoms with Gasteiger partial charge in [0.15, 0.2) is 0 Å². The summed E-state index contributed by atoms with van der Waals surface area (Å²) in [5.74, 6) is 0.439. The maximum absolute atomic E-state index is 12.9. The summed E-state index contributed by atoms with van der Waals surface area (Å²) in [6.45, 7) is 0. The van der Waals surface area contributed by atoms with Crippen molar-refractivity contribution in [2.24, 2.45) is 0 Å². The van der Waals surface area contributed by atoms with Gasteiger partial charge in [-0.3, -0.25) is 4.79 Å². The number of halogens is 1. The second kappa shape index (κ2) is 5.79. The lowest BCUT2D eigenvalue weighted by atomic mass is 10.0. The Morgan fingerprint density at radius 2 is 1.86 bits per heavy atom. The molecule has 3 nitrogen and oxygen atoms in total. The Labute approximate surface area is 129 Å². The van der Waals surface area contributed by atoms with Gasteiger partial charge >= 0.3 is 0 Å². The SMILES string of the molecule is COc1ccccc1C1(NC(=O)Cc2ccc(F)cc2)CC1. The van der Waals surface area contributed by atoms with Gasteiger partial charge in [0.05, 0.1) is 19.1 Å². The quantitative estimate of drug-likeness (QED) is 0.921. The topological polar surface area (TPSA) is 38.3 Å². The molecule has 2 aromatic carbocycles. The second-order valence-corrected chi connectivity index (χ2v) is 5.63. The molecule has 0 spiro atoms. The fourth-order valence-electron chi connectivity index (χ4n) is 2.73. The van der Waals surface area contributed by atoms with Crippen LogP contribution in [0.15, 0.2) is 48.5 Å². The first kappa shape index (κ1) is 14.6. The number of para-hydroxylation sites is 1. The van der Waals surface area contributed by atoms with Crippen molar-refractivity contribution in [3.8, 4) is 5.75 Å². The maximum Gasteiger partial charge on any atom is 0.225 e. The number of rotatable bonds is 5. The normalized spacial score (nSPS) is 15.2. The molecule has 1 amide bonds. The van der Waals surface area contributed by atoms with Gasteiger partial charge in [-0.15, -0.1) is 0 Å². The molecule has 0 aliphatic heterocycles. The molecule has 1 aliphatic rings. The Morgan fingerprint density at radius 3 is 2.50 bits per heavy atom. The second-order valence-electron chi connectivity index (χ2n) is 5.63. The third kappa shape index (κ3) is 2.96. The lowest BCUT2D eigenvalue weighted by molar-refractivity contribution is -0.121. The molecule has 0 saturated heterocycles. The molecule has 0 aromatic heterocycles. The van der Waals surface area contributed by atoms with Crippen molar-refractivity contribution in [3.05, 3.63) is 65.5 Å². The molecule has 0 heterocycles. The van der Waals surface area contributed by atoms with Gasteiger partial charge in [-0.1, -0.05) is 30.3 Å². The molecular formula is C18H18FNO2. The number of hydrogen-bond acceptors (Lipinski definition) is 2. The highest BCUT2D eigenvalue weighted by atomic mass is 19.1. The molecule has 1 saturated carbocycles. The van der Waals surface area contributed by atoms with Crippen molar-refractivity contribution < 1.29 is 13.9 Å². The van der Waals surface area contributed by atoms with Crippen LogP contribution < -0.4 is 10.1 Å². The summed E-state index contributed by atoms with van der Waals surface area (Å²) in [7, 11) is 1.63. The first-order chi connectivity index (χ1) is 10.6. The molecule has 1 N–H and O–H groups in total. The molecule has 1 aliphatic carbocycles. The minimum Gasteiger partial charge on any atom is -0.496 e. The van der Waals surface area contributed by atoms with Gasteiger partial charge in [0.2, 0.25) is 5.91 Å². The largest absolute Gasteiger partial charge is 0.496 e. The van der Waals surface area contributed by atoms with Crippen LogP contribution in [-0.4, -0.2) is 13.0 Å². The molecule has 0 bridgehead atoms. The molecule has 4 heteroatoms. The van der Waals surface area contributed by atoms with Crippen LogP contribution in [0.25, 0.3) is 0 Å². The summed E-state index contributed by atoms with van der Waals surface area (Å²) in [6.07, 6.45) is 2.06. The summed E-state index contributed by atoms with van der Waals surface area (Å²) in [5, 5.41) is 3.11. The Morgan fingerprint density at radius 1 is 1.18 bits per heavy atom. The van der Waals surface area contributed by atoms with Crippen LogP contribution in [0.3, 0.4) is 0 Å². The predicted molar refractivity (Wildman–Crippen MR) is 82.2 cm³/mol. The van der Waals surface area contributed by atoms with Crippen molar-refractivity contribution in [2.45, 2.75) is 24.8 Å². The minimum absolute atomic E-state index is 0.0602. The van der Waals surface area contributed by atoms with E-state index in [4.69, 9.17) is 4.74 Å². The Kier molecular flexibility index (Phi) is 3.84. The van der Waals surface area contributed by atoms with E-state index in [-0.39, 0.29) is 23.7 Å². The number of hydrogen-bond donors (Lipinski definition) is 1. The zero-order valence-electron chi connectivity index (χ0n) is 12.4. The van der Waals surface area contributed by atoms with E-state index in [0.717, 1.165) is 29.7 Å². The highest BCUT2D eigenvalue weighted by molar-refractivity contribution is 5.80. The highest BCUT2D eigenvalue weighted by Crippen LogP contribution is 2.48. The van der Waals surface area contributed by atoms with Crippen LogP contribution in [0.5, 0.6) is 5.75 Å². The summed E-state index contributed by atoms with van der Waals surface area (Å²) in [4.78, 5) is 12.3. The van der Waals surface area contributed by atoms with Gasteiger partial charge in [0.25, 0.3) is 0 Å². The zero-order chi connectivity index (χ0) is 15.6. The Balaban J connectivity index is 1.72. The molecule has 0 radical (unpaired) electrons. The van der Waals surface area contributed by atoms with Gasteiger partial charge in [0, 0.05) is 5.56 Å². The van der Waals surface area contributed by atoms with Crippen LogP contribution in [0, 0.1) is 5.82 Å². The van der Waals surface area contributed by atoms with Gasteiger partial charge < -0.3 is 10.1 Å². The number of carbonyl (C=O) groups is 1. The molecule has 3 rings (SSSR count). The van der Waals surface area contributed by atoms with E-state index in [1.54, 1.807) is 19.2 Å². The van der Waals surface area contributed by atoms with Gasteiger partial charge in [0.1, 0.15) is 11.6 Å². The van der Waals surface area contributed by atoms with Crippen LogP contribution in [0.2, 0.25) is 0 Å². The molecule has 22 heavy (non-hydrogen) atoms. The number of ether oxygens (including phenoxy) is 1. The Bertz CT molecular complexity index is 678. The predicted octanol–water partition coefficient (Wildman–Crippen LogP) is 3.18. The standard InChI is InChI=1S/C18H18FNO2/c1-22-16-5-3-2-4-15(16)18(10-11-18)20-17(21)12-13-6-8-14(19)9-7-13/h2-9H,10-12H2,1H3,(H,20,21). The van der Waals surface area contributed by atoms with Crippen molar-refractivity contribution in [2.75, 3.05) is 7.11 Å². The zero-order valence-corrected chi connectivity index (χ0v) is 12.4. The molecule has 114 valence electrons. The first-order valence-corrected chi connectivity index (χ1v) is 7.32. The minimum atomic E-state index is -0.316. The molecule has 0 unspecified atom stereocenters. The van der Waals surface area contributed by atoms with Gasteiger partial charge in [-0.05, 0) is 36.6 Å². The van der Waals surface area contributed by atoms with Crippen LogP contribution in [-0.2, 0) is 16.8 Å². The van der Waals surface area contributed by atoms with Crippen molar-refractivity contribution in [1.29, 1.82) is 0 Å². The third-order valence-electron chi connectivity index (χ3n) is 4.03. The maximum atomic E-state index is 12.9. The first-order valence-electron chi connectivity index (χ1n) is 7.32. The van der Waals surface area contributed by atoms with E-state index >= 15 is 0 Å². The van der Waals surface area contributed by atoms with Crippen molar-refractivity contribution in [3.63, 3.8) is 0 Å². The van der Waals surface area contributed by atoms with Crippen LogP contribution >= 0.6 is 0 Å². The summed E-state index contributed by atoms with van der Waals surface area (Å²) in [5.41, 5.74) is 1.50. The van der Waals surface area contributed by atoms with E-state index in [1.807, 2.05) is 24.3 Å². The summed E-state index contributed by atoms with van der Waals surface area (Å²) in [6, 6.07) is 13.8. The molecule has 0 atom stereocenters.